The molecular weight excluding hydrogens is 498 g/mol. The summed E-state index contributed by atoms with van der Waals surface area (Å²) in [5.41, 5.74) is 4.98. The van der Waals surface area contributed by atoms with Crippen LogP contribution < -0.4 is 15.4 Å². The van der Waals surface area contributed by atoms with E-state index in [4.69, 9.17) is 16.3 Å². The summed E-state index contributed by atoms with van der Waals surface area (Å²) in [5.74, 6) is 1.81. The maximum absolute atomic E-state index is 12.2. The molecule has 0 aromatic heterocycles. The number of Topliss-reactive ketones (excluding diaryl/α,β-unsaturated/α-hetero) is 1. The number of halogens is 1. The van der Waals surface area contributed by atoms with E-state index >= 15 is 0 Å². The van der Waals surface area contributed by atoms with E-state index < -0.39 is 0 Å². The molecule has 2 N–H and O–H groups in total. The first-order valence-electron chi connectivity index (χ1n) is 13.8. The van der Waals surface area contributed by atoms with Gasteiger partial charge in [0.15, 0.2) is 5.78 Å². The first-order valence-corrected chi connectivity index (χ1v) is 14.1. The lowest BCUT2D eigenvalue weighted by atomic mass is 9.80. The van der Waals surface area contributed by atoms with E-state index in [-0.39, 0.29) is 17.6 Å². The van der Waals surface area contributed by atoms with Crippen molar-refractivity contribution in [2.45, 2.75) is 66.2 Å². The van der Waals surface area contributed by atoms with Crippen molar-refractivity contribution in [1.82, 2.24) is 4.90 Å². The standard InChI is InChI=1S/C16H22ClNO2.C15H24N2O/c1-3-11-4-6-12(7-5-11)16(19)18-13-8-9-15(20-2)14(17)10-13;1-6-14-11(2)9-13(10-15(14)12(3)18)16-7-8-17(4)5/h8-12H,3-7H2,1-2H3,(H,18,19);9-10,16H,6-8H2,1-5H3. The van der Waals surface area contributed by atoms with Crippen molar-refractivity contribution in [2.75, 3.05) is 44.9 Å². The molecule has 0 atom stereocenters. The molecule has 0 spiro atoms. The van der Waals surface area contributed by atoms with Crippen LogP contribution in [0, 0.1) is 18.8 Å². The summed E-state index contributed by atoms with van der Waals surface area (Å²) < 4.78 is 5.10. The van der Waals surface area contributed by atoms with Crippen LogP contribution in [0.4, 0.5) is 11.4 Å². The molecular formula is C31H46ClN3O3. The predicted octanol–water partition coefficient (Wildman–Crippen LogP) is 7.24. The normalized spacial score (nSPS) is 16.9. The number of benzene rings is 2. The van der Waals surface area contributed by atoms with Gasteiger partial charge in [-0.05, 0) is 107 Å². The topological polar surface area (TPSA) is 70.7 Å². The second-order valence-electron chi connectivity index (χ2n) is 10.4. The van der Waals surface area contributed by atoms with Gasteiger partial charge >= 0.3 is 0 Å². The molecule has 2 aromatic carbocycles. The van der Waals surface area contributed by atoms with Crippen LogP contribution in [0.2, 0.25) is 5.02 Å². The Morgan fingerprint density at radius 3 is 2.26 bits per heavy atom. The fourth-order valence-corrected chi connectivity index (χ4v) is 5.21. The van der Waals surface area contributed by atoms with Gasteiger partial charge in [0.25, 0.3) is 0 Å². The van der Waals surface area contributed by atoms with Gasteiger partial charge in [-0.2, -0.15) is 0 Å². The molecule has 0 radical (unpaired) electrons. The van der Waals surface area contributed by atoms with Crippen LogP contribution in [0.3, 0.4) is 0 Å². The minimum absolute atomic E-state index is 0.112. The summed E-state index contributed by atoms with van der Waals surface area (Å²) in [5, 5.41) is 6.84. The minimum atomic E-state index is 0.112. The zero-order valence-electron chi connectivity index (χ0n) is 24.2. The molecule has 38 heavy (non-hydrogen) atoms. The van der Waals surface area contributed by atoms with Gasteiger partial charge in [-0.3, -0.25) is 9.59 Å². The second kappa shape index (κ2) is 15.7. The number of methoxy groups -OCH3 is 1. The third-order valence-electron chi connectivity index (χ3n) is 7.31. The Morgan fingerprint density at radius 2 is 1.74 bits per heavy atom. The van der Waals surface area contributed by atoms with E-state index in [1.807, 2.05) is 26.2 Å². The molecule has 0 unspecified atom stereocenters. The molecule has 1 saturated carbocycles. The van der Waals surface area contributed by atoms with Gasteiger partial charge in [-0.15, -0.1) is 0 Å². The Hall–Kier alpha value is -2.57. The molecule has 1 aliphatic carbocycles. The highest BCUT2D eigenvalue weighted by atomic mass is 35.5. The van der Waals surface area contributed by atoms with Gasteiger partial charge < -0.3 is 20.3 Å². The highest BCUT2D eigenvalue weighted by molar-refractivity contribution is 6.32. The van der Waals surface area contributed by atoms with Crippen molar-refractivity contribution >= 4 is 34.7 Å². The number of hydrogen-bond acceptors (Lipinski definition) is 5. The van der Waals surface area contributed by atoms with Gasteiger partial charge in [-0.25, -0.2) is 0 Å². The average molecular weight is 544 g/mol. The van der Waals surface area contributed by atoms with Crippen molar-refractivity contribution < 1.29 is 14.3 Å². The number of carbonyl (C=O) groups excluding carboxylic acids is 2. The van der Waals surface area contributed by atoms with Crippen molar-refractivity contribution in [3.8, 4) is 5.75 Å². The number of rotatable bonds is 10. The van der Waals surface area contributed by atoms with E-state index in [1.165, 1.54) is 17.5 Å². The number of nitrogens with zero attached hydrogens (tertiary/aromatic N) is 1. The molecule has 1 aliphatic rings. The first-order chi connectivity index (χ1) is 18.1. The van der Waals surface area contributed by atoms with Gasteiger partial charge in [0, 0.05) is 35.9 Å². The highest BCUT2D eigenvalue weighted by Gasteiger charge is 2.25. The van der Waals surface area contributed by atoms with Gasteiger partial charge in [0.05, 0.1) is 12.1 Å². The Labute approximate surface area is 234 Å². The van der Waals surface area contributed by atoms with E-state index in [9.17, 15) is 9.59 Å². The van der Waals surface area contributed by atoms with E-state index in [0.29, 0.717) is 10.8 Å². The van der Waals surface area contributed by atoms with Crippen molar-refractivity contribution in [2.24, 2.45) is 11.8 Å². The maximum Gasteiger partial charge on any atom is 0.227 e. The molecule has 6 nitrogen and oxygen atoms in total. The second-order valence-corrected chi connectivity index (χ2v) is 10.8. The fourth-order valence-electron chi connectivity index (χ4n) is 4.95. The van der Waals surface area contributed by atoms with Gasteiger partial charge in [0.2, 0.25) is 5.91 Å². The quantitative estimate of drug-likeness (QED) is 0.309. The summed E-state index contributed by atoms with van der Waals surface area (Å²) in [4.78, 5) is 26.0. The average Bonchev–Trinajstić information content (AvgIpc) is 2.88. The SMILES string of the molecule is CCC1CCC(C(=O)Nc2ccc(OC)c(Cl)c2)CC1.CCc1c(C)cc(NCCN(C)C)cc1C(C)=O. The van der Waals surface area contributed by atoms with Crippen LogP contribution in [0.15, 0.2) is 30.3 Å². The molecule has 1 amide bonds. The molecule has 1 fully saturated rings. The summed E-state index contributed by atoms with van der Waals surface area (Å²) >= 11 is 6.06. The summed E-state index contributed by atoms with van der Waals surface area (Å²) in [6.45, 7) is 9.89. The monoisotopic (exact) mass is 543 g/mol. The van der Waals surface area contributed by atoms with Crippen LogP contribution in [-0.2, 0) is 11.2 Å². The molecule has 2 aromatic rings. The largest absolute Gasteiger partial charge is 0.495 e. The van der Waals surface area contributed by atoms with Crippen LogP contribution >= 0.6 is 11.6 Å². The molecule has 0 aliphatic heterocycles. The number of ether oxygens (including phenoxy) is 1. The lowest BCUT2D eigenvalue weighted by Gasteiger charge is -2.26. The molecule has 210 valence electrons. The third kappa shape index (κ3) is 9.63. The first kappa shape index (κ1) is 31.6. The minimum Gasteiger partial charge on any atom is -0.495 e. The Morgan fingerprint density at radius 1 is 1.05 bits per heavy atom. The number of nitrogens with one attached hydrogen (secondary N) is 2. The van der Waals surface area contributed by atoms with Crippen molar-refractivity contribution in [1.29, 1.82) is 0 Å². The summed E-state index contributed by atoms with van der Waals surface area (Å²) in [7, 11) is 5.67. The predicted molar refractivity (Wildman–Crippen MR) is 160 cm³/mol. The lowest BCUT2D eigenvalue weighted by Crippen LogP contribution is -2.27. The van der Waals surface area contributed by atoms with Gasteiger partial charge in [-0.1, -0.05) is 31.9 Å². The molecule has 0 bridgehead atoms. The van der Waals surface area contributed by atoms with Crippen LogP contribution in [-0.4, -0.2) is 50.9 Å². The number of aryl methyl sites for hydroxylation is 1. The summed E-state index contributed by atoms with van der Waals surface area (Å²) in [6, 6.07) is 9.42. The number of anilines is 2. The molecule has 3 rings (SSSR count). The lowest BCUT2D eigenvalue weighted by molar-refractivity contribution is -0.121. The molecule has 0 saturated heterocycles. The van der Waals surface area contributed by atoms with E-state index in [2.05, 4.69) is 42.4 Å². The zero-order chi connectivity index (χ0) is 28.2. The fraction of sp³-hybridized carbons (Fsp3) is 0.548. The Kier molecular flexibility index (Phi) is 13.1. The van der Waals surface area contributed by atoms with Crippen LogP contribution in [0.1, 0.15) is 74.4 Å². The van der Waals surface area contributed by atoms with Crippen molar-refractivity contribution in [3.63, 3.8) is 0 Å². The number of carbonyl (C=O) groups is 2. The van der Waals surface area contributed by atoms with Crippen molar-refractivity contribution in [3.05, 3.63) is 52.0 Å². The maximum atomic E-state index is 12.2. The number of ketones is 1. The van der Waals surface area contributed by atoms with E-state index in [0.717, 1.165) is 68.0 Å². The number of amides is 1. The highest BCUT2D eigenvalue weighted by Crippen LogP contribution is 2.32. The molecule has 0 heterocycles. The number of hydrogen-bond donors (Lipinski definition) is 2. The van der Waals surface area contributed by atoms with Gasteiger partial charge in [0.1, 0.15) is 5.75 Å². The molecule has 7 heteroatoms. The smallest absolute Gasteiger partial charge is 0.227 e. The number of likely N-dealkylation sites (N-methyl/N-ethyl adjacent to an activating group) is 1. The van der Waals surface area contributed by atoms with Crippen LogP contribution in [0.25, 0.3) is 0 Å². The zero-order valence-corrected chi connectivity index (χ0v) is 25.0. The third-order valence-corrected chi connectivity index (χ3v) is 7.60. The summed E-state index contributed by atoms with van der Waals surface area (Å²) in [6.07, 6.45) is 6.44. The Balaban J connectivity index is 0.000000269. The Bertz CT molecular complexity index is 1060. The van der Waals surface area contributed by atoms with Crippen LogP contribution in [0.5, 0.6) is 5.75 Å². The van der Waals surface area contributed by atoms with E-state index in [1.54, 1.807) is 26.2 Å².